The first-order valence-electron chi connectivity index (χ1n) is 4.80. The third kappa shape index (κ3) is 1.44. The summed E-state index contributed by atoms with van der Waals surface area (Å²) in [5.74, 6) is 0.497. The van der Waals surface area contributed by atoms with Crippen LogP contribution in [-0.2, 0) is 9.84 Å². The summed E-state index contributed by atoms with van der Waals surface area (Å²) in [5, 5.41) is 9.44. The molecular formula is C11H12O4S. The molecule has 2 rings (SSSR count). The van der Waals surface area contributed by atoms with Crippen LogP contribution in [0.4, 0.5) is 0 Å². The van der Waals surface area contributed by atoms with E-state index in [-0.39, 0.29) is 9.80 Å². The van der Waals surface area contributed by atoms with Crippen LogP contribution in [0.1, 0.15) is 12.5 Å². The van der Waals surface area contributed by atoms with E-state index in [1.807, 2.05) is 0 Å². The van der Waals surface area contributed by atoms with Crippen molar-refractivity contribution in [2.24, 2.45) is 0 Å². The van der Waals surface area contributed by atoms with Crippen molar-refractivity contribution in [3.8, 4) is 5.75 Å². The molecule has 0 fully saturated rings. The van der Waals surface area contributed by atoms with E-state index < -0.39 is 15.9 Å². The minimum Gasteiger partial charge on any atom is -0.496 e. The Morgan fingerprint density at radius 2 is 2.06 bits per heavy atom. The van der Waals surface area contributed by atoms with Crippen molar-refractivity contribution in [3.63, 3.8) is 0 Å². The fourth-order valence-corrected chi connectivity index (χ4v) is 3.45. The fourth-order valence-electron chi connectivity index (χ4n) is 1.77. The molecule has 1 atom stereocenters. The van der Waals surface area contributed by atoms with Gasteiger partial charge in [0.25, 0.3) is 0 Å². The van der Waals surface area contributed by atoms with Crippen molar-refractivity contribution >= 4 is 15.9 Å². The number of aliphatic hydroxyl groups excluding tert-OH is 1. The Morgan fingerprint density at radius 1 is 1.38 bits per heavy atom. The quantitative estimate of drug-likeness (QED) is 0.843. The van der Waals surface area contributed by atoms with Gasteiger partial charge in [0.1, 0.15) is 5.75 Å². The zero-order valence-corrected chi connectivity index (χ0v) is 9.78. The molecular weight excluding hydrogens is 228 g/mol. The number of fused-ring (bicyclic) bond motifs is 1. The first-order valence-corrected chi connectivity index (χ1v) is 6.28. The Balaban J connectivity index is 2.72. The fraction of sp³-hybridized carbons (Fsp3) is 0.273. The topological polar surface area (TPSA) is 63.6 Å². The maximum absolute atomic E-state index is 12.0. The molecule has 0 saturated carbocycles. The molecule has 1 aromatic rings. The average molecular weight is 240 g/mol. The van der Waals surface area contributed by atoms with Crippen molar-refractivity contribution in [3.05, 3.63) is 28.7 Å². The number of ether oxygens (including phenoxy) is 1. The first-order chi connectivity index (χ1) is 7.48. The van der Waals surface area contributed by atoms with Gasteiger partial charge < -0.3 is 9.84 Å². The molecule has 0 saturated heterocycles. The van der Waals surface area contributed by atoms with E-state index in [1.54, 1.807) is 12.1 Å². The molecule has 1 aliphatic heterocycles. The van der Waals surface area contributed by atoms with Gasteiger partial charge in [-0.15, -0.1) is 0 Å². The Kier molecular flexibility index (Phi) is 2.52. The van der Waals surface area contributed by atoms with E-state index in [9.17, 15) is 13.5 Å². The van der Waals surface area contributed by atoms with Gasteiger partial charge in [-0.3, -0.25) is 0 Å². The van der Waals surface area contributed by atoms with E-state index in [1.165, 1.54) is 26.2 Å². The van der Waals surface area contributed by atoms with Gasteiger partial charge in [0.05, 0.1) is 23.0 Å². The van der Waals surface area contributed by atoms with Crippen LogP contribution in [-0.4, -0.2) is 26.7 Å². The smallest absolute Gasteiger partial charge is 0.206 e. The van der Waals surface area contributed by atoms with E-state index >= 15 is 0 Å². The molecule has 1 unspecified atom stereocenters. The number of sulfone groups is 1. The highest BCUT2D eigenvalue weighted by Gasteiger charge is 2.33. The van der Waals surface area contributed by atoms with Gasteiger partial charge in [-0.2, -0.15) is 0 Å². The van der Waals surface area contributed by atoms with Crippen molar-refractivity contribution < 1.29 is 18.3 Å². The molecule has 0 aromatic heterocycles. The summed E-state index contributed by atoms with van der Waals surface area (Å²) in [4.78, 5) is 0.217. The Morgan fingerprint density at radius 3 is 2.62 bits per heavy atom. The van der Waals surface area contributed by atoms with Gasteiger partial charge in [0.15, 0.2) is 0 Å². The maximum atomic E-state index is 12.0. The van der Waals surface area contributed by atoms with Crippen LogP contribution in [0.3, 0.4) is 0 Å². The molecule has 0 spiro atoms. The molecule has 1 heterocycles. The summed E-state index contributed by atoms with van der Waals surface area (Å²) in [7, 11) is -2.06. The lowest BCUT2D eigenvalue weighted by Gasteiger charge is -2.06. The molecule has 1 aliphatic rings. The van der Waals surface area contributed by atoms with Crippen LogP contribution < -0.4 is 4.74 Å². The molecule has 1 N–H and O–H groups in total. The molecule has 16 heavy (non-hydrogen) atoms. The van der Waals surface area contributed by atoms with Gasteiger partial charge in [0, 0.05) is 5.56 Å². The highest BCUT2D eigenvalue weighted by molar-refractivity contribution is 7.96. The summed E-state index contributed by atoms with van der Waals surface area (Å²) in [6.07, 6.45) is 0.454. The average Bonchev–Trinajstić information content (AvgIpc) is 2.51. The van der Waals surface area contributed by atoms with Gasteiger partial charge >= 0.3 is 0 Å². The summed E-state index contributed by atoms with van der Waals surface area (Å²) in [6.45, 7) is 1.43. The highest BCUT2D eigenvalue weighted by atomic mass is 32.2. The largest absolute Gasteiger partial charge is 0.496 e. The zero-order chi connectivity index (χ0) is 11.9. The number of rotatable bonds is 2. The van der Waals surface area contributed by atoms with Crippen molar-refractivity contribution in [2.75, 3.05) is 7.11 Å². The number of benzene rings is 1. The second-order valence-corrected chi connectivity index (χ2v) is 5.52. The molecule has 0 amide bonds. The van der Waals surface area contributed by atoms with E-state index in [0.29, 0.717) is 11.3 Å². The lowest BCUT2D eigenvalue weighted by Crippen LogP contribution is -2.11. The molecule has 5 heteroatoms. The van der Waals surface area contributed by atoms with Crippen LogP contribution in [0, 0.1) is 0 Å². The monoisotopic (exact) mass is 240 g/mol. The van der Waals surface area contributed by atoms with Crippen LogP contribution in [0.25, 0.3) is 6.08 Å². The summed E-state index contributed by atoms with van der Waals surface area (Å²) in [5.41, 5.74) is 0.515. The standard InChI is InChI=1S/C11H12O4S/c1-7(12)11-6-8-9(15-2)4-3-5-10(8)16(11,13)14/h3-7,12H,1-2H3. The minimum atomic E-state index is -3.55. The van der Waals surface area contributed by atoms with Crippen molar-refractivity contribution in [2.45, 2.75) is 17.9 Å². The van der Waals surface area contributed by atoms with E-state index in [0.717, 1.165) is 0 Å². The highest BCUT2D eigenvalue weighted by Crippen LogP contribution is 2.39. The second-order valence-electron chi connectivity index (χ2n) is 3.60. The molecule has 1 aromatic carbocycles. The number of hydrogen-bond donors (Lipinski definition) is 1. The normalized spacial score (nSPS) is 18.8. The molecule has 0 bridgehead atoms. The van der Waals surface area contributed by atoms with Gasteiger partial charge in [-0.1, -0.05) is 6.07 Å². The number of methoxy groups -OCH3 is 1. The lowest BCUT2D eigenvalue weighted by atomic mass is 10.1. The van der Waals surface area contributed by atoms with Crippen molar-refractivity contribution in [1.29, 1.82) is 0 Å². The lowest BCUT2D eigenvalue weighted by molar-refractivity contribution is 0.240. The zero-order valence-electron chi connectivity index (χ0n) is 8.97. The minimum absolute atomic E-state index is 0.0204. The van der Waals surface area contributed by atoms with Crippen molar-refractivity contribution in [1.82, 2.24) is 0 Å². The van der Waals surface area contributed by atoms with Crippen LogP contribution in [0.15, 0.2) is 28.0 Å². The van der Waals surface area contributed by atoms with Gasteiger partial charge in [-0.25, -0.2) is 8.42 Å². The van der Waals surface area contributed by atoms with E-state index in [2.05, 4.69) is 0 Å². The Bertz CT molecular complexity index is 555. The maximum Gasteiger partial charge on any atom is 0.206 e. The van der Waals surface area contributed by atoms with Gasteiger partial charge in [0.2, 0.25) is 9.84 Å². The predicted molar refractivity (Wildman–Crippen MR) is 59.8 cm³/mol. The summed E-state index contributed by atoms with van der Waals surface area (Å²) in [6, 6.07) is 4.82. The molecule has 0 radical (unpaired) electrons. The first kappa shape index (κ1) is 11.2. The van der Waals surface area contributed by atoms with E-state index in [4.69, 9.17) is 4.74 Å². The third-order valence-electron chi connectivity index (χ3n) is 2.54. The van der Waals surface area contributed by atoms with Crippen LogP contribution in [0.5, 0.6) is 5.75 Å². The summed E-state index contributed by atoms with van der Waals surface area (Å²) >= 11 is 0. The Labute approximate surface area is 94.1 Å². The van der Waals surface area contributed by atoms with Gasteiger partial charge in [-0.05, 0) is 25.1 Å². The third-order valence-corrected chi connectivity index (χ3v) is 4.56. The SMILES string of the molecule is COc1cccc2c1C=C(C(C)O)S2(=O)=O. The summed E-state index contributed by atoms with van der Waals surface area (Å²) < 4.78 is 29.1. The van der Waals surface area contributed by atoms with Crippen LogP contribution >= 0.6 is 0 Å². The number of hydrogen-bond acceptors (Lipinski definition) is 4. The molecule has 4 nitrogen and oxygen atoms in total. The Hall–Kier alpha value is -1.33. The van der Waals surface area contributed by atoms with Crippen LogP contribution in [0.2, 0.25) is 0 Å². The number of aliphatic hydroxyl groups is 1. The molecule has 86 valence electrons. The predicted octanol–water partition coefficient (Wildman–Crippen LogP) is 1.20. The molecule has 0 aliphatic carbocycles. The second kappa shape index (κ2) is 3.61.